The van der Waals surface area contributed by atoms with Gasteiger partial charge in [0.15, 0.2) is 0 Å². The van der Waals surface area contributed by atoms with E-state index in [1.165, 1.54) is 18.2 Å². The maximum atomic E-state index is 12.8. The van der Waals surface area contributed by atoms with E-state index in [4.69, 9.17) is 5.73 Å². The highest BCUT2D eigenvalue weighted by atomic mass is 32.2. The molecule has 1 saturated heterocycles. The Labute approximate surface area is 115 Å². The lowest BCUT2D eigenvalue weighted by Crippen LogP contribution is -2.33. The quantitative estimate of drug-likeness (QED) is 0.922. The zero-order chi connectivity index (χ0) is 15.0. The molecule has 0 unspecified atom stereocenters. The van der Waals surface area contributed by atoms with Gasteiger partial charge in [0.25, 0.3) is 0 Å². The van der Waals surface area contributed by atoms with Crippen molar-refractivity contribution in [2.75, 3.05) is 13.1 Å². The zero-order valence-corrected chi connectivity index (χ0v) is 11.4. The summed E-state index contributed by atoms with van der Waals surface area (Å²) in [4.78, 5) is 0. The first-order valence-corrected chi connectivity index (χ1v) is 7.69. The summed E-state index contributed by atoms with van der Waals surface area (Å²) in [5, 5.41) is 0. The van der Waals surface area contributed by atoms with Crippen molar-refractivity contribution >= 4 is 10.0 Å². The number of halogens is 3. The Morgan fingerprint density at radius 3 is 2.50 bits per heavy atom. The second-order valence-corrected chi connectivity index (χ2v) is 6.79. The fourth-order valence-electron chi connectivity index (χ4n) is 2.22. The molecule has 0 bridgehead atoms. The summed E-state index contributed by atoms with van der Waals surface area (Å²) in [7, 11) is -3.78. The normalized spacial score (nSPS) is 21.3. The number of hydrogen-bond acceptors (Lipinski definition) is 3. The summed E-state index contributed by atoms with van der Waals surface area (Å²) in [5.74, 6) is -0.657. The van der Waals surface area contributed by atoms with Crippen LogP contribution in [0.5, 0.6) is 0 Å². The molecule has 1 atom stereocenters. The lowest BCUT2D eigenvalue weighted by atomic mass is 10.1. The summed E-state index contributed by atoms with van der Waals surface area (Å²) >= 11 is 0. The van der Waals surface area contributed by atoms with Crippen molar-refractivity contribution in [2.24, 2.45) is 5.73 Å². The van der Waals surface area contributed by atoms with Gasteiger partial charge >= 0.3 is 6.18 Å². The Balaban J connectivity index is 2.26. The SMILES string of the molecule is N[C@@H]1CCN(S(=O)(=O)Cc2ccccc2C(F)(F)F)C1. The smallest absolute Gasteiger partial charge is 0.326 e. The minimum absolute atomic E-state index is 0.163. The van der Waals surface area contributed by atoms with Crippen LogP contribution >= 0.6 is 0 Å². The van der Waals surface area contributed by atoms with Gasteiger partial charge in [0, 0.05) is 19.1 Å². The monoisotopic (exact) mass is 308 g/mol. The maximum Gasteiger partial charge on any atom is 0.416 e. The zero-order valence-electron chi connectivity index (χ0n) is 10.6. The van der Waals surface area contributed by atoms with Gasteiger partial charge in [0.1, 0.15) is 0 Å². The largest absolute Gasteiger partial charge is 0.416 e. The molecule has 0 spiro atoms. The van der Waals surface area contributed by atoms with E-state index in [-0.39, 0.29) is 24.7 Å². The average Bonchev–Trinajstić information content (AvgIpc) is 2.75. The van der Waals surface area contributed by atoms with Crippen LogP contribution in [0.1, 0.15) is 17.5 Å². The molecular weight excluding hydrogens is 293 g/mol. The molecule has 1 heterocycles. The number of sulfonamides is 1. The van der Waals surface area contributed by atoms with Crippen LogP contribution in [0, 0.1) is 0 Å². The van der Waals surface area contributed by atoms with Crippen molar-refractivity contribution in [1.29, 1.82) is 0 Å². The summed E-state index contributed by atoms with van der Waals surface area (Å²) in [6, 6.07) is 4.47. The fraction of sp³-hybridized carbons (Fsp3) is 0.500. The molecule has 0 radical (unpaired) electrons. The minimum atomic E-state index is -4.56. The number of benzene rings is 1. The Kier molecular flexibility index (Phi) is 4.08. The molecule has 0 aromatic heterocycles. The van der Waals surface area contributed by atoms with E-state index in [1.807, 2.05) is 0 Å². The van der Waals surface area contributed by atoms with Crippen molar-refractivity contribution in [2.45, 2.75) is 24.4 Å². The number of hydrogen-bond donors (Lipinski definition) is 1. The first-order valence-electron chi connectivity index (χ1n) is 6.08. The molecule has 1 aliphatic rings. The molecule has 0 saturated carbocycles. The third-order valence-corrected chi connectivity index (χ3v) is 5.04. The fourth-order valence-corrected chi connectivity index (χ4v) is 3.85. The van der Waals surface area contributed by atoms with Crippen LogP contribution in [0.15, 0.2) is 24.3 Å². The molecule has 0 amide bonds. The Morgan fingerprint density at radius 2 is 1.95 bits per heavy atom. The van der Waals surface area contributed by atoms with Gasteiger partial charge in [-0.1, -0.05) is 18.2 Å². The lowest BCUT2D eigenvalue weighted by Gasteiger charge is -2.18. The van der Waals surface area contributed by atoms with Crippen LogP contribution in [0.3, 0.4) is 0 Å². The molecule has 4 nitrogen and oxygen atoms in total. The molecule has 2 rings (SSSR count). The van der Waals surface area contributed by atoms with Crippen LogP contribution < -0.4 is 5.73 Å². The number of nitrogens with two attached hydrogens (primary N) is 1. The molecule has 1 aliphatic heterocycles. The molecule has 0 aliphatic carbocycles. The molecule has 2 N–H and O–H groups in total. The van der Waals surface area contributed by atoms with Crippen molar-refractivity contribution in [1.82, 2.24) is 4.31 Å². The predicted octanol–water partition coefficient (Wildman–Crippen LogP) is 1.57. The van der Waals surface area contributed by atoms with Gasteiger partial charge in [0.2, 0.25) is 10.0 Å². The van der Waals surface area contributed by atoms with Gasteiger partial charge in [0.05, 0.1) is 11.3 Å². The first-order chi connectivity index (χ1) is 9.20. The van der Waals surface area contributed by atoms with Gasteiger partial charge in [-0.25, -0.2) is 12.7 Å². The van der Waals surface area contributed by atoms with E-state index in [1.54, 1.807) is 0 Å². The Morgan fingerprint density at radius 1 is 1.30 bits per heavy atom. The second-order valence-electron chi connectivity index (χ2n) is 4.82. The van der Waals surface area contributed by atoms with Gasteiger partial charge < -0.3 is 5.73 Å². The average molecular weight is 308 g/mol. The summed E-state index contributed by atoms with van der Waals surface area (Å²) < 4.78 is 63.9. The van der Waals surface area contributed by atoms with Crippen molar-refractivity contribution in [3.8, 4) is 0 Å². The summed E-state index contributed by atoms with van der Waals surface area (Å²) in [6.45, 7) is 0.425. The standard InChI is InChI=1S/C12H15F3N2O2S/c13-12(14,15)11-4-2-1-3-9(11)8-20(18,19)17-6-5-10(16)7-17/h1-4,10H,5-8,16H2/t10-/m1/s1. The third-order valence-electron chi connectivity index (χ3n) is 3.24. The Hall–Kier alpha value is -1.12. The van der Waals surface area contributed by atoms with Crippen LogP contribution in [-0.2, 0) is 22.0 Å². The second kappa shape index (κ2) is 5.34. The first kappa shape index (κ1) is 15.3. The van der Waals surface area contributed by atoms with E-state index >= 15 is 0 Å². The number of nitrogens with zero attached hydrogens (tertiary/aromatic N) is 1. The molecule has 1 aromatic carbocycles. The van der Waals surface area contributed by atoms with E-state index in [2.05, 4.69) is 0 Å². The van der Waals surface area contributed by atoms with Crippen molar-refractivity contribution < 1.29 is 21.6 Å². The summed E-state index contributed by atoms with van der Waals surface area (Å²) in [5.41, 5.74) is 4.48. The minimum Gasteiger partial charge on any atom is -0.326 e. The van der Waals surface area contributed by atoms with Gasteiger partial charge in [-0.3, -0.25) is 0 Å². The maximum absolute atomic E-state index is 12.8. The molecule has 112 valence electrons. The number of rotatable bonds is 3. The van der Waals surface area contributed by atoms with Crippen molar-refractivity contribution in [3.63, 3.8) is 0 Å². The van der Waals surface area contributed by atoms with Gasteiger partial charge in [-0.2, -0.15) is 13.2 Å². The van der Waals surface area contributed by atoms with Crippen LogP contribution in [0.2, 0.25) is 0 Å². The molecule has 8 heteroatoms. The highest BCUT2D eigenvalue weighted by Gasteiger charge is 2.36. The molecular formula is C12H15F3N2O2S. The number of alkyl halides is 3. The molecule has 1 fully saturated rings. The third kappa shape index (κ3) is 3.31. The lowest BCUT2D eigenvalue weighted by molar-refractivity contribution is -0.138. The van der Waals surface area contributed by atoms with Crippen molar-refractivity contribution in [3.05, 3.63) is 35.4 Å². The van der Waals surface area contributed by atoms with E-state index < -0.39 is 27.5 Å². The van der Waals surface area contributed by atoms with Gasteiger partial charge in [-0.05, 0) is 18.1 Å². The van der Waals surface area contributed by atoms with Gasteiger partial charge in [-0.15, -0.1) is 0 Å². The predicted molar refractivity (Wildman–Crippen MR) is 68.2 cm³/mol. The summed E-state index contributed by atoms with van der Waals surface area (Å²) in [6.07, 6.45) is -4.03. The highest BCUT2D eigenvalue weighted by molar-refractivity contribution is 7.88. The van der Waals surface area contributed by atoms with Crippen LogP contribution in [0.4, 0.5) is 13.2 Å². The van der Waals surface area contributed by atoms with E-state index in [0.717, 1.165) is 10.4 Å². The molecule has 20 heavy (non-hydrogen) atoms. The van der Waals surface area contributed by atoms with Crippen LogP contribution in [0.25, 0.3) is 0 Å². The topological polar surface area (TPSA) is 63.4 Å². The Bertz CT molecular complexity index is 587. The van der Waals surface area contributed by atoms with E-state index in [0.29, 0.717) is 6.42 Å². The van der Waals surface area contributed by atoms with Crippen LogP contribution in [-0.4, -0.2) is 31.9 Å². The van der Waals surface area contributed by atoms with E-state index in [9.17, 15) is 21.6 Å². The molecule has 1 aromatic rings. The highest BCUT2D eigenvalue weighted by Crippen LogP contribution is 2.33.